The Morgan fingerprint density at radius 3 is 2.28 bits per heavy atom. The molecule has 2 fully saturated rings. The van der Waals surface area contributed by atoms with Crippen molar-refractivity contribution in [2.24, 2.45) is 23.2 Å². The van der Waals surface area contributed by atoms with E-state index in [4.69, 9.17) is 0 Å². The molecule has 0 radical (unpaired) electrons. The zero-order valence-corrected chi connectivity index (χ0v) is 18.6. The Bertz CT molecular complexity index is 610. The van der Waals surface area contributed by atoms with E-state index in [0.29, 0.717) is 6.42 Å². The summed E-state index contributed by atoms with van der Waals surface area (Å²) in [5.74, 6) is -1.37. The summed E-state index contributed by atoms with van der Waals surface area (Å²) in [6.45, 7) is 9.63. The number of carbonyl (C=O) groups excluding carboxylic acids is 3. The van der Waals surface area contributed by atoms with Crippen LogP contribution in [0.3, 0.4) is 0 Å². The van der Waals surface area contributed by atoms with Crippen molar-refractivity contribution in [1.82, 2.24) is 21.0 Å². The fraction of sp³-hybridized carbons (Fsp3) is 0.857. The van der Waals surface area contributed by atoms with Gasteiger partial charge in [0.05, 0.1) is 5.92 Å². The third kappa shape index (κ3) is 5.48. The Morgan fingerprint density at radius 2 is 1.79 bits per heavy atom. The summed E-state index contributed by atoms with van der Waals surface area (Å²) in [6, 6.07) is -1.51. The summed E-state index contributed by atoms with van der Waals surface area (Å²) < 4.78 is 0. The molecule has 0 aromatic carbocycles. The molecule has 1 aliphatic carbocycles. The van der Waals surface area contributed by atoms with Gasteiger partial charge in [-0.2, -0.15) is 0 Å². The number of amides is 3. The van der Waals surface area contributed by atoms with Gasteiger partial charge in [0, 0.05) is 7.05 Å². The van der Waals surface area contributed by atoms with Crippen LogP contribution < -0.4 is 16.0 Å². The van der Waals surface area contributed by atoms with Crippen molar-refractivity contribution in [3.63, 3.8) is 0 Å². The molecule has 1 aliphatic heterocycles. The topological polar surface area (TPSA) is 111 Å². The molecule has 2 aliphatic rings. The molecule has 1 unspecified atom stereocenters. The molecular formula is C21H38N4O4. The molecule has 4 N–H and O–H groups in total. The van der Waals surface area contributed by atoms with Gasteiger partial charge < -0.3 is 10.6 Å². The largest absolute Gasteiger partial charge is 0.357 e. The van der Waals surface area contributed by atoms with E-state index in [2.05, 4.69) is 16.0 Å². The van der Waals surface area contributed by atoms with Crippen LogP contribution in [0, 0.1) is 23.2 Å². The summed E-state index contributed by atoms with van der Waals surface area (Å²) in [5, 5.41) is 19.9. The summed E-state index contributed by atoms with van der Waals surface area (Å²) in [6.07, 6.45) is 4.12. The summed E-state index contributed by atoms with van der Waals surface area (Å²) in [4.78, 5) is 38.4. The number of hydrogen-bond donors (Lipinski definition) is 4. The molecule has 8 heteroatoms. The fourth-order valence-electron chi connectivity index (χ4n) is 4.47. The van der Waals surface area contributed by atoms with Crippen LogP contribution in [0.1, 0.15) is 66.7 Å². The zero-order valence-electron chi connectivity index (χ0n) is 18.6. The highest BCUT2D eigenvalue weighted by Gasteiger charge is 2.48. The second kappa shape index (κ2) is 9.43. The van der Waals surface area contributed by atoms with Crippen LogP contribution in [-0.4, -0.2) is 53.3 Å². The van der Waals surface area contributed by atoms with E-state index in [1.54, 1.807) is 0 Å². The minimum absolute atomic E-state index is 0.172. The minimum atomic E-state index is -0.793. The Kier molecular flexibility index (Phi) is 7.67. The van der Waals surface area contributed by atoms with Crippen LogP contribution in [0.25, 0.3) is 0 Å². The van der Waals surface area contributed by atoms with Gasteiger partial charge >= 0.3 is 0 Å². The first-order chi connectivity index (χ1) is 13.5. The second-order valence-corrected chi connectivity index (χ2v) is 9.97. The first-order valence-electron chi connectivity index (χ1n) is 10.8. The fourth-order valence-corrected chi connectivity index (χ4v) is 4.47. The van der Waals surface area contributed by atoms with Crippen molar-refractivity contribution in [3.8, 4) is 0 Å². The van der Waals surface area contributed by atoms with E-state index in [0.717, 1.165) is 30.7 Å². The highest BCUT2D eigenvalue weighted by atomic mass is 16.5. The van der Waals surface area contributed by atoms with Gasteiger partial charge in [0.1, 0.15) is 18.2 Å². The molecule has 3 amide bonds. The molecule has 4 atom stereocenters. The van der Waals surface area contributed by atoms with Crippen LogP contribution in [0.2, 0.25) is 0 Å². The molecule has 1 saturated carbocycles. The number of likely N-dealkylation sites (N-methyl/N-ethyl adjacent to an activating group) is 1. The number of hydroxylamine groups is 2. The van der Waals surface area contributed by atoms with E-state index in [1.807, 2.05) is 34.6 Å². The average Bonchev–Trinajstić information content (AvgIpc) is 3.25. The lowest BCUT2D eigenvalue weighted by Crippen LogP contribution is -2.56. The normalized spacial score (nSPS) is 25.4. The van der Waals surface area contributed by atoms with Gasteiger partial charge in [0.25, 0.3) is 5.91 Å². The first kappa shape index (κ1) is 23.6. The molecule has 0 spiro atoms. The maximum absolute atomic E-state index is 13.2. The van der Waals surface area contributed by atoms with Crippen molar-refractivity contribution < 1.29 is 19.6 Å². The van der Waals surface area contributed by atoms with E-state index < -0.39 is 35.5 Å². The maximum atomic E-state index is 13.2. The Morgan fingerprint density at radius 1 is 1.21 bits per heavy atom. The standard InChI is InChI=1S/C21H38N4O4/c1-12(2)11-14(18(26)24-16(19(27)22-6)21(3,4)5)15-20(28)25(29)17(23-15)13-9-7-8-10-13/h12-17,23,29H,7-11H2,1-6H3,(H,22,27)(H,24,26)/t14-,15+,16-,17?/m1/s1. The Balaban J connectivity index is 2.22. The zero-order chi connectivity index (χ0) is 21.9. The summed E-state index contributed by atoms with van der Waals surface area (Å²) in [7, 11) is 1.54. The van der Waals surface area contributed by atoms with Gasteiger partial charge in [0.15, 0.2) is 0 Å². The van der Waals surface area contributed by atoms with Crippen LogP contribution >= 0.6 is 0 Å². The number of rotatable bonds is 7. The molecule has 1 saturated heterocycles. The third-order valence-electron chi connectivity index (χ3n) is 6.08. The lowest BCUT2D eigenvalue weighted by atomic mass is 9.84. The van der Waals surface area contributed by atoms with Crippen molar-refractivity contribution in [3.05, 3.63) is 0 Å². The van der Waals surface area contributed by atoms with Crippen LogP contribution in [0.5, 0.6) is 0 Å². The van der Waals surface area contributed by atoms with Gasteiger partial charge in [-0.3, -0.25) is 24.9 Å². The molecule has 1 heterocycles. The van der Waals surface area contributed by atoms with Gasteiger partial charge in [-0.25, -0.2) is 5.06 Å². The predicted octanol–water partition coefficient (Wildman–Crippen LogP) is 1.63. The lowest BCUT2D eigenvalue weighted by Gasteiger charge is -2.32. The molecule has 29 heavy (non-hydrogen) atoms. The Labute approximate surface area is 174 Å². The molecular weight excluding hydrogens is 372 g/mol. The van der Waals surface area contributed by atoms with Crippen LogP contribution in [0.4, 0.5) is 0 Å². The molecule has 0 aromatic heterocycles. The first-order valence-corrected chi connectivity index (χ1v) is 10.8. The number of nitrogens with zero attached hydrogens (tertiary/aromatic N) is 1. The summed E-state index contributed by atoms with van der Waals surface area (Å²) >= 11 is 0. The molecule has 0 bridgehead atoms. The lowest BCUT2D eigenvalue weighted by molar-refractivity contribution is -0.171. The van der Waals surface area contributed by atoms with Crippen LogP contribution in [-0.2, 0) is 14.4 Å². The molecule has 2 rings (SSSR count). The second-order valence-electron chi connectivity index (χ2n) is 9.97. The van der Waals surface area contributed by atoms with Gasteiger partial charge in [-0.1, -0.05) is 47.5 Å². The van der Waals surface area contributed by atoms with Crippen molar-refractivity contribution in [2.75, 3.05) is 7.05 Å². The average molecular weight is 411 g/mol. The van der Waals surface area contributed by atoms with Crippen molar-refractivity contribution >= 4 is 17.7 Å². The maximum Gasteiger partial charge on any atom is 0.265 e. The van der Waals surface area contributed by atoms with E-state index >= 15 is 0 Å². The molecule has 8 nitrogen and oxygen atoms in total. The van der Waals surface area contributed by atoms with Gasteiger partial charge in [-0.15, -0.1) is 0 Å². The smallest absolute Gasteiger partial charge is 0.265 e. The van der Waals surface area contributed by atoms with Crippen molar-refractivity contribution in [2.45, 2.75) is 85.0 Å². The van der Waals surface area contributed by atoms with E-state index in [9.17, 15) is 19.6 Å². The van der Waals surface area contributed by atoms with E-state index in [-0.39, 0.29) is 23.7 Å². The summed E-state index contributed by atoms with van der Waals surface area (Å²) in [5.41, 5.74) is -0.485. The number of nitrogens with one attached hydrogen (secondary N) is 3. The van der Waals surface area contributed by atoms with Gasteiger partial charge in [0.2, 0.25) is 11.8 Å². The SMILES string of the molecule is CNC(=O)[C@@H](NC(=O)[C@H](CC(C)C)[C@@H]1NC(C2CCCC2)N(O)C1=O)C(C)(C)C. The monoisotopic (exact) mass is 410 g/mol. The van der Waals surface area contributed by atoms with Gasteiger partial charge in [-0.05, 0) is 36.5 Å². The minimum Gasteiger partial charge on any atom is -0.357 e. The highest BCUT2D eigenvalue weighted by molar-refractivity contribution is 5.93. The highest BCUT2D eigenvalue weighted by Crippen LogP contribution is 2.33. The van der Waals surface area contributed by atoms with Crippen LogP contribution in [0.15, 0.2) is 0 Å². The number of carbonyl (C=O) groups is 3. The molecule has 166 valence electrons. The third-order valence-corrected chi connectivity index (χ3v) is 6.08. The quantitative estimate of drug-likeness (QED) is 0.477. The predicted molar refractivity (Wildman–Crippen MR) is 110 cm³/mol. The van der Waals surface area contributed by atoms with E-state index in [1.165, 1.54) is 7.05 Å². The molecule has 0 aromatic rings. The number of hydrogen-bond acceptors (Lipinski definition) is 5. The van der Waals surface area contributed by atoms with Crippen molar-refractivity contribution in [1.29, 1.82) is 0 Å². The Hall–Kier alpha value is -1.67.